The molecule has 2 saturated heterocycles. The van der Waals surface area contributed by atoms with Crippen molar-refractivity contribution < 1.29 is 38.1 Å². The predicted molar refractivity (Wildman–Crippen MR) is 181 cm³/mol. The molecule has 0 aliphatic carbocycles. The number of anilines is 1. The number of rotatable bonds is 8. The fraction of sp³-hybridized carbons (Fsp3) is 0.559. The molecule has 2 amide bonds. The number of ether oxygens (including phenoxy) is 5. The number of hydrogen-bond donors (Lipinski definition) is 1. The zero-order valence-corrected chi connectivity index (χ0v) is 29.1. The number of benzene rings is 1. The van der Waals surface area contributed by atoms with Gasteiger partial charge in [-0.2, -0.15) is 5.10 Å². The Morgan fingerprint density at radius 1 is 1.02 bits per heavy atom. The van der Waals surface area contributed by atoms with Crippen molar-refractivity contribution in [2.24, 2.45) is 5.92 Å². The molecule has 15 heteroatoms. The molecule has 3 aromatic rings. The quantitative estimate of drug-likeness (QED) is 0.264. The van der Waals surface area contributed by atoms with Crippen molar-refractivity contribution >= 4 is 46.2 Å². The molecule has 0 unspecified atom stereocenters. The number of hydrogen-bond acceptors (Lipinski definition) is 11. The van der Waals surface area contributed by atoms with Gasteiger partial charge in [-0.15, -0.1) is 0 Å². The van der Waals surface area contributed by atoms with E-state index in [1.54, 1.807) is 22.9 Å². The second kappa shape index (κ2) is 14.8. The van der Waals surface area contributed by atoms with Crippen LogP contribution in [0.15, 0.2) is 24.4 Å². The van der Waals surface area contributed by atoms with Gasteiger partial charge in [0.05, 0.1) is 49.4 Å². The van der Waals surface area contributed by atoms with Gasteiger partial charge in [-0.1, -0.05) is 11.6 Å². The summed E-state index contributed by atoms with van der Waals surface area (Å²) < 4.78 is 30.0. The van der Waals surface area contributed by atoms with Crippen LogP contribution in [-0.4, -0.2) is 109 Å². The van der Waals surface area contributed by atoms with E-state index in [0.717, 1.165) is 38.8 Å². The van der Waals surface area contributed by atoms with Gasteiger partial charge in [0.15, 0.2) is 5.69 Å². The van der Waals surface area contributed by atoms with Crippen molar-refractivity contribution in [1.82, 2.24) is 25.0 Å². The van der Waals surface area contributed by atoms with Crippen LogP contribution in [0, 0.1) is 5.92 Å². The number of amides is 2. The average molecular weight is 699 g/mol. The molecule has 2 fully saturated rings. The lowest BCUT2D eigenvalue weighted by Crippen LogP contribution is -2.42. The van der Waals surface area contributed by atoms with Crippen molar-refractivity contribution in [2.45, 2.75) is 58.2 Å². The third-order valence-corrected chi connectivity index (χ3v) is 9.01. The predicted octanol–water partition coefficient (Wildman–Crippen LogP) is 4.38. The van der Waals surface area contributed by atoms with Crippen LogP contribution in [0.1, 0.15) is 56.9 Å². The number of nitrogens with zero attached hydrogens (tertiary/aromatic N) is 5. The summed E-state index contributed by atoms with van der Waals surface area (Å²) in [5.41, 5.74) is 1.02. The first-order valence-electron chi connectivity index (χ1n) is 16.7. The van der Waals surface area contributed by atoms with Gasteiger partial charge >= 0.3 is 12.1 Å². The first kappa shape index (κ1) is 34.7. The number of fused-ring (bicyclic) bond motifs is 2. The van der Waals surface area contributed by atoms with E-state index >= 15 is 0 Å². The number of piperidine rings is 1. The number of carbonyl (C=O) groups is 3. The Morgan fingerprint density at radius 3 is 2.49 bits per heavy atom. The first-order chi connectivity index (χ1) is 23.5. The second-order valence-electron chi connectivity index (χ2n) is 13.4. The lowest BCUT2D eigenvalue weighted by atomic mass is 9.97. The van der Waals surface area contributed by atoms with Gasteiger partial charge in [0.1, 0.15) is 40.7 Å². The smallest absolute Gasteiger partial charge is 0.415 e. The third-order valence-electron chi connectivity index (χ3n) is 8.80. The minimum atomic E-state index is -0.672. The maximum atomic E-state index is 13.5. The molecule has 264 valence electrons. The Hall–Kier alpha value is -4.14. The molecular weight excluding hydrogens is 656 g/mol. The Morgan fingerprint density at radius 2 is 1.78 bits per heavy atom. The number of likely N-dealkylation sites (tertiary alicyclic amines) is 1. The molecule has 0 radical (unpaired) electrons. The average Bonchev–Trinajstić information content (AvgIpc) is 3.45. The molecule has 0 spiro atoms. The number of nitrogens with one attached hydrogen (secondary N) is 1. The normalized spacial score (nSPS) is 17.7. The van der Waals surface area contributed by atoms with E-state index in [1.165, 1.54) is 18.2 Å². The van der Waals surface area contributed by atoms with E-state index in [0.29, 0.717) is 66.6 Å². The van der Waals surface area contributed by atoms with Crippen molar-refractivity contribution in [1.29, 1.82) is 0 Å². The molecule has 0 saturated carbocycles. The molecule has 3 aliphatic heterocycles. The molecule has 14 nitrogen and oxygen atoms in total. The maximum Gasteiger partial charge on any atom is 0.415 e. The van der Waals surface area contributed by atoms with E-state index in [2.05, 4.69) is 15.2 Å². The minimum absolute atomic E-state index is 0.0449. The van der Waals surface area contributed by atoms with Gasteiger partial charge in [0.25, 0.3) is 5.91 Å². The Labute approximate surface area is 289 Å². The van der Waals surface area contributed by atoms with Gasteiger partial charge in [-0.05, 0) is 46.7 Å². The van der Waals surface area contributed by atoms with Crippen LogP contribution in [0.4, 0.5) is 10.5 Å². The zero-order valence-electron chi connectivity index (χ0n) is 28.3. The Balaban J connectivity index is 1.14. The van der Waals surface area contributed by atoms with Crippen molar-refractivity contribution in [3.63, 3.8) is 0 Å². The monoisotopic (exact) mass is 698 g/mol. The lowest BCUT2D eigenvalue weighted by molar-refractivity contribution is -0.159. The molecule has 5 heterocycles. The molecule has 3 aliphatic rings. The highest BCUT2D eigenvalue weighted by atomic mass is 35.5. The van der Waals surface area contributed by atoms with Crippen LogP contribution >= 0.6 is 11.6 Å². The Kier molecular flexibility index (Phi) is 10.5. The van der Waals surface area contributed by atoms with Crippen LogP contribution < -0.4 is 19.7 Å². The number of methoxy groups -OCH3 is 1. The summed E-state index contributed by atoms with van der Waals surface area (Å²) in [7, 11) is 1.51. The van der Waals surface area contributed by atoms with Crippen molar-refractivity contribution in [3.05, 3.63) is 35.2 Å². The fourth-order valence-electron chi connectivity index (χ4n) is 6.26. The van der Waals surface area contributed by atoms with Crippen LogP contribution in [0.2, 0.25) is 5.15 Å². The summed E-state index contributed by atoms with van der Waals surface area (Å²) in [6.45, 7) is 9.78. The van der Waals surface area contributed by atoms with Gasteiger partial charge in [0, 0.05) is 50.3 Å². The topological polar surface area (TPSA) is 147 Å². The lowest BCUT2D eigenvalue weighted by Gasteiger charge is -2.32. The standard InChI is InChI=1S/C34H43ClN6O8/c1-34(2,3)49-33(44)40-13-16-47-28-18-26(27(45-4)17-25(28)40)41-24-19-29(35)37-20-23(24)30(38-41)31(42)36-9-12-39-10-5-21(6-11-39)32(43)48-22-7-14-46-15-8-22/h17-22H,5-16H2,1-4H3,(H,36,42). The van der Waals surface area contributed by atoms with Crippen LogP contribution in [0.25, 0.3) is 16.6 Å². The second-order valence-corrected chi connectivity index (χ2v) is 13.8. The van der Waals surface area contributed by atoms with Gasteiger partial charge in [0.2, 0.25) is 0 Å². The number of esters is 1. The van der Waals surface area contributed by atoms with E-state index < -0.39 is 11.7 Å². The van der Waals surface area contributed by atoms with Crippen molar-refractivity contribution in [2.75, 3.05) is 64.6 Å². The summed E-state index contributed by atoms with van der Waals surface area (Å²) in [4.78, 5) is 47.2. The van der Waals surface area contributed by atoms with Crippen LogP contribution in [-0.2, 0) is 19.0 Å². The molecule has 0 bridgehead atoms. The molecule has 1 N–H and O–H groups in total. The third kappa shape index (κ3) is 8.03. The Bertz CT molecular complexity index is 1690. The summed E-state index contributed by atoms with van der Waals surface area (Å²) >= 11 is 6.30. The summed E-state index contributed by atoms with van der Waals surface area (Å²) in [6.07, 6.45) is 3.93. The largest absolute Gasteiger partial charge is 0.494 e. The number of aromatic nitrogens is 3. The summed E-state index contributed by atoms with van der Waals surface area (Å²) in [6, 6.07) is 5.04. The van der Waals surface area contributed by atoms with Gasteiger partial charge in [-0.3, -0.25) is 14.5 Å². The van der Waals surface area contributed by atoms with Crippen molar-refractivity contribution in [3.8, 4) is 17.2 Å². The van der Waals surface area contributed by atoms with Crippen LogP contribution in [0.3, 0.4) is 0 Å². The molecule has 2 aromatic heterocycles. The number of carbonyl (C=O) groups excluding carboxylic acids is 3. The highest BCUT2D eigenvalue weighted by Crippen LogP contribution is 2.41. The van der Waals surface area contributed by atoms with E-state index in [1.807, 2.05) is 20.8 Å². The molecule has 49 heavy (non-hydrogen) atoms. The van der Waals surface area contributed by atoms with E-state index in [4.69, 9.17) is 40.4 Å². The highest BCUT2D eigenvalue weighted by molar-refractivity contribution is 6.30. The number of halogens is 1. The maximum absolute atomic E-state index is 13.5. The van der Waals surface area contributed by atoms with E-state index in [9.17, 15) is 14.4 Å². The fourth-order valence-corrected chi connectivity index (χ4v) is 6.42. The number of pyridine rings is 1. The van der Waals surface area contributed by atoms with Gasteiger partial charge < -0.3 is 33.9 Å². The molecule has 6 rings (SSSR count). The first-order valence-corrected chi connectivity index (χ1v) is 17.1. The highest BCUT2D eigenvalue weighted by Gasteiger charge is 2.32. The molecule has 0 atom stereocenters. The summed E-state index contributed by atoms with van der Waals surface area (Å²) in [5.74, 6) is 0.241. The molecule has 1 aromatic carbocycles. The van der Waals surface area contributed by atoms with Crippen LogP contribution in [0.5, 0.6) is 11.5 Å². The molecular formula is C34H43ClN6O8. The van der Waals surface area contributed by atoms with Gasteiger partial charge in [-0.25, -0.2) is 14.5 Å². The minimum Gasteiger partial charge on any atom is -0.494 e. The SMILES string of the molecule is COc1cc2c(cc1-n1nc(C(=O)NCCN3CCC(C(=O)OC4CCOCC4)CC3)c3cnc(Cl)cc31)OCCN2C(=O)OC(C)(C)C. The zero-order chi connectivity index (χ0) is 34.7. The van der Waals surface area contributed by atoms with E-state index in [-0.39, 0.29) is 41.4 Å². The summed E-state index contributed by atoms with van der Waals surface area (Å²) in [5, 5.41) is 8.41.